The van der Waals surface area contributed by atoms with Gasteiger partial charge in [0.2, 0.25) is 0 Å². The van der Waals surface area contributed by atoms with Gasteiger partial charge in [-0.2, -0.15) is 5.10 Å². The third kappa shape index (κ3) is 4.60. The van der Waals surface area contributed by atoms with Crippen molar-refractivity contribution >= 4 is 11.0 Å². The zero-order chi connectivity index (χ0) is 27.0. The maximum absolute atomic E-state index is 13.4. The van der Waals surface area contributed by atoms with E-state index in [4.69, 9.17) is 14.6 Å². The van der Waals surface area contributed by atoms with Gasteiger partial charge in [0, 0.05) is 33.0 Å². The maximum Gasteiger partial charge on any atom is 0.332 e. The zero-order valence-electron chi connectivity index (χ0n) is 22.1. The second-order valence-corrected chi connectivity index (χ2v) is 9.64. The van der Waals surface area contributed by atoms with Gasteiger partial charge in [0.1, 0.15) is 28.3 Å². The Morgan fingerprint density at radius 2 is 1.71 bits per heavy atom. The third-order valence-electron chi connectivity index (χ3n) is 6.33. The molecule has 38 heavy (non-hydrogen) atoms. The fourth-order valence-corrected chi connectivity index (χ4v) is 4.49. The van der Waals surface area contributed by atoms with Crippen LogP contribution in [0.5, 0.6) is 17.2 Å². The Morgan fingerprint density at radius 1 is 0.974 bits per heavy atom. The van der Waals surface area contributed by atoms with Gasteiger partial charge in [-0.15, -0.1) is 0 Å². The number of benzene rings is 2. The van der Waals surface area contributed by atoms with Crippen LogP contribution >= 0.6 is 0 Å². The summed E-state index contributed by atoms with van der Waals surface area (Å²) in [6.07, 6.45) is 3.49. The van der Waals surface area contributed by atoms with Crippen LogP contribution in [0.25, 0.3) is 22.6 Å². The van der Waals surface area contributed by atoms with E-state index in [2.05, 4.69) is 4.98 Å². The highest BCUT2D eigenvalue weighted by Crippen LogP contribution is 2.28. The van der Waals surface area contributed by atoms with Crippen molar-refractivity contribution in [2.75, 3.05) is 7.11 Å². The smallest absolute Gasteiger partial charge is 0.332 e. The molecule has 0 radical (unpaired) electrons. The van der Waals surface area contributed by atoms with E-state index in [-0.39, 0.29) is 11.6 Å². The minimum Gasteiger partial charge on any atom is -0.497 e. The summed E-state index contributed by atoms with van der Waals surface area (Å²) in [5.74, 6) is 2.87. The van der Waals surface area contributed by atoms with Gasteiger partial charge in [0.15, 0.2) is 11.5 Å². The predicted octanol–water partition coefficient (Wildman–Crippen LogP) is 3.80. The molecular formula is C28H30N6O4. The van der Waals surface area contributed by atoms with E-state index < -0.39 is 5.56 Å². The molecule has 196 valence electrons. The molecule has 0 saturated heterocycles. The van der Waals surface area contributed by atoms with Gasteiger partial charge in [0.05, 0.1) is 13.7 Å². The monoisotopic (exact) mass is 514 g/mol. The van der Waals surface area contributed by atoms with Gasteiger partial charge in [-0.05, 0) is 47.9 Å². The van der Waals surface area contributed by atoms with Gasteiger partial charge < -0.3 is 14.0 Å². The molecule has 0 amide bonds. The van der Waals surface area contributed by atoms with Crippen molar-refractivity contribution in [3.63, 3.8) is 0 Å². The van der Waals surface area contributed by atoms with E-state index in [9.17, 15) is 9.59 Å². The van der Waals surface area contributed by atoms with Crippen LogP contribution in [-0.4, -0.2) is 35.6 Å². The van der Waals surface area contributed by atoms with E-state index in [1.165, 1.54) is 7.05 Å². The van der Waals surface area contributed by atoms with Crippen molar-refractivity contribution in [3.8, 4) is 28.8 Å². The van der Waals surface area contributed by atoms with Crippen molar-refractivity contribution in [2.24, 2.45) is 20.0 Å². The first kappa shape index (κ1) is 25.1. The summed E-state index contributed by atoms with van der Waals surface area (Å²) in [5, 5.41) is 5.18. The molecule has 0 atom stereocenters. The fourth-order valence-electron chi connectivity index (χ4n) is 4.49. The Morgan fingerprint density at radius 3 is 2.37 bits per heavy atom. The van der Waals surface area contributed by atoms with Crippen molar-refractivity contribution in [2.45, 2.75) is 26.9 Å². The summed E-state index contributed by atoms with van der Waals surface area (Å²) in [6.45, 7) is 4.82. The van der Waals surface area contributed by atoms with E-state index in [1.54, 1.807) is 22.6 Å². The second-order valence-electron chi connectivity index (χ2n) is 9.64. The summed E-state index contributed by atoms with van der Waals surface area (Å²) in [4.78, 5) is 31.0. The molecule has 0 fully saturated rings. The number of aryl methyl sites for hydroxylation is 1. The molecule has 5 aromatic rings. The molecule has 0 bridgehead atoms. The lowest BCUT2D eigenvalue weighted by molar-refractivity contribution is 0.413. The molecule has 0 aliphatic carbocycles. The highest BCUT2D eigenvalue weighted by molar-refractivity contribution is 5.89. The first-order valence-electron chi connectivity index (χ1n) is 12.4. The van der Waals surface area contributed by atoms with Crippen molar-refractivity contribution in [1.29, 1.82) is 0 Å². The average molecular weight is 515 g/mol. The third-order valence-corrected chi connectivity index (χ3v) is 6.33. The molecule has 3 aromatic heterocycles. The number of hydrogen-bond donors (Lipinski definition) is 0. The molecule has 0 spiro atoms. The number of fused-ring (bicyclic) bond motifs is 1. The normalized spacial score (nSPS) is 11.4. The molecule has 3 heterocycles. The van der Waals surface area contributed by atoms with E-state index in [1.807, 2.05) is 80.2 Å². The molecule has 0 unspecified atom stereocenters. The van der Waals surface area contributed by atoms with Crippen LogP contribution in [0.3, 0.4) is 0 Å². The summed E-state index contributed by atoms with van der Waals surface area (Å²) >= 11 is 0. The maximum atomic E-state index is 13.4. The minimum atomic E-state index is -0.397. The second kappa shape index (κ2) is 10.0. The predicted molar refractivity (Wildman–Crippen MR) is 145 cm³/mol. The lowest BCUT2D eigenvalue weighted by atomic mass is 10.2. The molecule has 0 N–H and O–H groups in total. The Labute approximate surface area is 219 Å². The molecule has 0 saturated carbocycles. The van der Waals surface area contributed by atoms with Crippen LogP contribution < -0.4 is 20.7 Å². The highest BCUT2D eigenvalue weighted by Gasteiger charge is 2.24. The quantitative estimate of drug-likeness (QED) is 0.312. The van der Waals surface area contributed by atoms with Crippen molar-refractivity contribution in [1.82, 2.24) is 28.5 Å². The summed E-state index contributed by atoms with van der Waals surface area (Å²) < 4.78 is 17.6. The lowest BCUT2D eigenvalue weighted by Gasteiger charge is -2.11. The molecule has 0 aliphatic rings. The zero-order valence-corrected chi connectivity index (χ0v) is 22.1. The van der Waals surface area contributed by atoms with Crippen LogP contribution in [0.1, 0.15) is 19.4 Å². The van der Waals surface area contributed by atoms with Gasteiger partial charge in [-0.1, -0.05) is 26.0 Å². The van der Waals surface area contributed by atoms with Crippen molar-refractivity contribution < 1.29 is 9.47 Å². The number of rotatable bonds is 8. The Kier molecular flexibility index (Phi) is 6.62. The molecule has 10 heteroatoms. The van der Waals surface area contributed by atoms with Crippen LogP contribution in [0.15, 0.2) is 70.5 Å². The van der Waals surface area contributed by atoms with Gasteiger partial charge in [-0.25, -0.2) is 9.78 Å². The van der Waals surface area contributed by atoms with Crippen LogP contribution in [-0.2, 0) is 27.2 Å². The lowest BCUT2D eigenvalue weighted by Crippen LogP contribution is -2.38. The molecule has 2 aromatic carbocycles. The Balaban J connectivity index is 1.62. The van der Waals surface area contributed by atoms with E-state index >= 15 is 0 Å². The number of ether oxygens (including phenoxy) is 2. The number of imidazole rings is 1. The van der Waals surface area contributed by atoms with Gasteiger partial charge in [-0.3, -0.25) is 18.6 Å². The summed E-state index contributed by atoms with van der Waals surface area (Å²) in [6, 6.07) is 15.0. The first-order chi connectivity index (χ1) is 18.3. The average Bonchev–Trinajstić information content (AvgIpc) is 3.48. The van der Waals surface area contributed by atoms with Crippen LogP contribution in [0, 0.1) is 5.92 Å². The SMILES string of the molecule is COc1ccc(Oc2cccc(Cn3nc4c(c3-c3nccn3C)c(=O)n(C)c(=O)n4CC(C)C)c2)cc1. The topological polar surface area (TPSA) is 98.1 Å². The van der Waals surface area contributed by atoms with Crippen LogP contribution in [0.2, 0.25) is 0 Å². The number of hydrogen-bond acceptors (Lipinski definition) is 6. The summed E-state index contributed by atoms with van der Waals surface area (Å²) in [7, 11) is 4.99. The molecule has 0 aliphatic heterocycles. The minimum absolute atomic E-state index is 0.182. The van der Waals surface area contributed by atoms with Crippen LogP contribution in [0.4, 0.5) is 0 Å². The Hall–Kier alpha value is -4.60. The molecular weight excluding hydrogens is 484 g/mol. The van der Waals surface area contributed by atoms with E-state index in [0.717, 1.165) is 15.9 Å². The van der Waals surface area contributed by atoms with E-state index in [0.29, 0.717) is 47.1 Å². The fraction of sp³-hybridized carbons (Fsp3) is 0.286. The molecule has 5 rings (SSSR count). The number of nitrogens with zero attached hydrogens (tertiary/aromatic N) is 6. The Bertz CT molecular complexity index is 1720. The van der Waals surface area contributed by atoms with Gasteiger partial charge in [0.25, 0.3) is 5.56 Å². The standard InChI is InChI=1S/C28H30N6O4/c1-18(2)16-33-25-23(27(35)32(4)28(33)36)24(26-29-13-14-31(26)3)34(30-25)17-19-7-6-8-22(15-19)38-21-11-9-20(37-5)10-12-21/h6-15,18H,16-17H2,1-5H3. The van der Waals surface area contributed by atoms with Crippen molar-refractivity contribution in [3.05, 3.63) is 87.3 Å². The highest BCUT2D eigenvalue weighted by atomic mass is 16.5. The largest absolute Gasteiger partial charge is 0.497 e. The molecule has 10 nitrogen and oxygen atoms in total. The number of aromatic nitrogens is 6. The summed E-state index contributed by atoms with van der Waals surface area (Å²) in [5.41, 5.74) is 1.05. The van der Waals surface area contributed by atoms with Gasteiger partial charge >= 0.3 is 5.69 Å². The first-order valence-corrected chi connectivity index (χ1v) is 12.4. The number of methoxy groups -OCH3 is 1.